The summed E-state index contributed by atoms with van der Waals surface area (Å²) in [6.45, 7) is 1.50. The highest BCUT2D eigenvalue weighted by Gasteiger charge is 2.06. The molecule has 0 amide bonds. The van der Waals surface area contributed by atoms with Gasteiger partial charge in [0.25, 0.3) is 5.69 Å². The summed E-state index contributed by atoms with van der Waals surface area (Å²) in [5, 5.41) is 10.7. The molecule has 0 aliphatic carbocycles. The minimum atomic E-state index is -0.440. The average Bonchev–Trinajstić information content (AvgIpc) is 2.52. The first-order valence-corrected chi connectivity index (χ1v) is 6.70. The summed E-state index contributed by atoms with van der Waals surface area (Å²) in [6, 6.07) is 15.7. The van der Waals surface area contributed by atoms with Crippen LogP contribution in [-0.4, -0.2) is 17.5 Å². The number of hydrogen-bond acceptors (Lipinski definition) is 4. The highest BCUT2D eigenvalue weighted by molar-refractivity contribution is 5.83. The summed E-state index contributed by atoms with van der Waals surface area (Å²) >= 11 is 0. The molecule has 0 bridgehead atoms. The van der Waals surface area contributed by atoms with Gasteiger partial charge in [0.15, 0.2) is 0 Å². The van der Waals surface area contributed by atoms with Crippen molar-refractivity contribution in [3.8, 4) is 0 Å². The third-order valence-electron chi connectivity index (χ3n) is 3.02. The van der Waals surface area contributed by atoms with Gasteiger partial charge in [0.2, 0.25) is 0 Å². The van der Waals surface area contributed by atoms with E-state index in [2.05, 4.69) is 0 Å². The fraction of sp³-hybridized carbons (Fsp3) is 0.118. The van der Waals surface area contributed by atoms with Crippen LogP contribution in [0.2, 0.25) is 0 Å². The van der Waals surface area contributed by atoms with Gasteiger partial charge in [-0.2, -0.15) is 0 Å². The molecule has 0 N–H and O–H groups in total. The molecule has 0 atom stereocenters. The molecule has 2 aromatic rings. The maximum absolute atomic E-state index is 11.0. The first-order chi connectivity index (χ1) is 10.6. The second-order valence-corrected chi connectivity index (χ2v) is 4.66. The van der Waals surface area contributed by atoms with Crippen molar-refractivity contribution in [3.05, 3.63) is 75.8 Å². The van der Waals surface area contributed by atoms with Gasteiger partial charge in [-0.3, -0.25) is 14.9 Å². The molecule has 0 unspecified atom stereocenters. The van der Waals surface area contributed by atoms with Gasteiger partial charge < -0.3 is 4.74 Å². The van der Waals surface area contributed by atoms with Crippen LogP contribution in [-0.2, 0) is 9.53 Å². The molecule has 112 valence electrons. The largest absolute Gasteiger partial charge is 0.461 e. The summed E-state index contributed by atoms with van der Waals surface area (Å²) in [5.74, 6) is -0.356. The SMILES string of the molecule is CC(=O)OC/C(=C/c1ccc([N+](=O)[O-])cc1)c1ccccc1. The van der Waals surface area contributed by atoms with Crippen molar-refractivity contribution in [2.75, 3.05) is 6.61 Å². The molecule has 0 saturated carbocycles. The van der Waals surface area contributed by atoms with Crippen molar-refractivity contribution in [2.24, 2.45) is 0 Å². The van der Waals surface area contributed by atoms with E-state index in [9.17, 15) is 14.9 Å². The van der Waals surface area contributed by atoms with Crippen LogP contribution < -0.4 is 0 Å². The van der Waals surface area contributed by atoms with Crippen LogP contribution in [0.3, 0.4) is 0 Å². The highest BCUT2D eigenvalue weighted by atomic mass is 16.6. The van der Waals surface area contributed by atoms with E-state index in [0.29, 0.717) is 0 Å². The molecule has 2 rings (SSSR count). The second-order valence-electron chi connectivity index (χ2n) is 4.66. The van der Waals surface area contributed by atoms with E-state index in [-0.39, 0.29) is 18.3 Å². The summed E-state index contributed by atoms with van der Waals surface area (Å²) in [5.41, 5.74) is 2.60. The normalized spacial score (nSPS) is 11.0. The standard InChI is InChI=1S/C17H15NO4/c1-13(19)22-12-16(15-5-3-2-4-6-15)11-14-7-9-17(10-8-14)18(20)21/h2-11H,12H2,1H3/b16-11-. The highest BCUT2D eigenvalue weighted by Crippen LogP contribution is 2.20. The molecule has 0 heterocycles. The topological polar surface area (TPSA) is 69.4 Å². The van der Waals surface area contributed by atoms with Crippen LogP contribution in [0.15, 0.2) is 54.6 Å². The van der Waals surface area contributed by atoms with Crippen LogP contribution in [0.25, 0.3) is 11.6 Å². The zero-order chi connectivity index (χ0) is 15.9. The van der Waals surface area contributed by atoms with E-state index in [0.717, 1.165) is 16.7 Å². The number of hydrogen-bond donors (Lipinski definition) is 0. The lowest BCUT2D eigenvalue weighted by molar-refractivity contribution is -0.384. The van der Waals surface area contributed by atoms with Gasteiger partial charge in [-0.1, -0.05) is 30.3 Å². The van der Waals surface area contributed by atoms with Gasteiger partial charge >= 0.3 is 5.97 Å². The Morgan fingerprint density at radius 2 is 1.77 bits per heavy atom. The molecule has 0 aliphatic rings. The maximum Gasteiger partial charge on any atom is 0.302 e. The monoisotopic (exact) mass is 297 g/mol. The molecular formula is C17H15NO4. The Morgan fingerprint density at radius 3 is 2.32 bits per heavy atom. The lowest BCUT2D eigenvalue weighted by atomic mass is 10.0. The van der Waals surface area contributed by atoms with E-state index in [1.165, 1.54) is 19.1 Å². The Labute approximate surface area is 128 Å². The minimum absolute atomic E-state index is 0.0402. The number of non-ortho nitro benzene ring substituents is 1. The number of esters is 1. The average molecular weight is 297 g/mol. The molecule has 0 spiro atoms. The molecule has 0 aromatic heterocycles. The predicted octanol–water partition coefficient (Wildman–Crippen LogP) is 3.70. The van der Waals surface area contributed by atoms with Crippen molar-refractivity contribution in [1.29, 1.82) is 0 Å². The predicted molar refractivity (Wildman–Crippen MR) is 84.0 cm³/mol. The maximum atomic E-state index is 11.0. The van der Waals surface area contributed by atoms with Crippen LogP contribution in [0.1, 0.15) is 18.1 Å². The van der Waals surface area contributed by atoms with E-state index in [4.69, 9.17) is 4.74 Å². The van der Waals surface area contributed by atoms with Crippen LogP contribution in [0, 0.1) is 10.1 Å². The fourth-order valence-electron chi connectivity index (χ4n) is 1.93. The molecule has 0 fully saturated rings. The van der Waals surface area contributed by atoms with Crippen molar-refractivity contribution in [3.63, 3.8) is 0 Å². The van der Waals surface area contributed by atoms with Crippen LogP contribution in [0.5, 0.6) is 0 Å². The number of nitro groups is 1. The Balaban J connectivity index is 2.30. The third kappa shape index (κ3) is 4.28. The van der Waals surface area contributed by atoms with Gasteiger partial charge in [-0.25, -0.2) is 0 Å². The summed E-state index contributed by atoms with van der Waals surface area (Å²) in [6.07, 6.45) is 1.85. The number of nitro benzene ring substituents is 1. The minimum Gasteiger partial charge on any atom is -0.461 e. The van der Waals surface area contributed by atoms with Crippen molar-refractivity contribution < 1.29 is 14.5 Å². The molecule has 2 aromatic carbocycles. The zero-order valence-corrected chi connectivity index (χ0v) is 12.1. The first kappa shape index (κ1) is 15.4. The Kier molecular flexibility index (Phi) is 5.03. The van der Waals surface area contributed by atoms with Gasteiger partial charge in [-0.15, -0.1) is 0 Å². The van der Waals surface area contributed by atoms with E-state index in [1.807, 2.05) is 36.4 Å². The van der Waals surface area contributed by atoms with Crippen molar-refractivity contribution in [2.45, 2.75) is 6.92 Å². The zero-order valence-electron chi connectivity index (χ0n) is 12.1. The number of nitrogens with zero attached hydrogens (tertiary/aromatic N) is 1. The molecule has 0 radical (unpaired) electrons. The first-order valence-electron chi connectivity index (χ1n) is 6.70. The van der Waals surface area contributed by atoms with E-state index < -0.39 is 4.92 Å². The van der Waals surface area contributed by atoms with Crippen molar-refractivity contribution >= 4 is 23.3 Å². The Morgan fingerprint density at radius 1 is 1.14 bits per heavy atom. The smallest absolute Gasteiger partial charge is 0.302 e. The third-order valence-corrected chi connectivity index (χ3v) is 3.02. The van der Waals surface area contributed by atoms with Crippen LogP contribution >= 0.6 is 0 Å². The van der Waals surface area contributed by atoms with E-state index in [1.54, 1.807) is 12.1 Å². The quantitative estimate of drug-likeness (QED) is 0.365. The number of ether oxygens (including phenoxy) is 1. The number of carbonyl (C=O) groups is 1. The molecule has 0 saturated heterocycles. The number of benzene rings is 2. The second kappa shape index (κ2) is 7.17. The van der Waals surface area contributed by atoms with Gasteiger partial charge in [-0.05, 0) is 34.9 Å². The Bertz CT molecular complexity index is 690. The summed E-state index contributed by atoms with van der Waals surface area (Å²) in [7, 11) is 0. The van der Waals surface area contributed by atoms with Gasteiger partial charge in [0.05, 0.1) is 4.92 Å². The van der Waals surface area contributed by atoms with Gasteiger partial charge in [0.1, 0.15) is 6.61 Å². The van der Waals surface area contributed by atoms with Crippen LogP contribution in [0.4, 0.5) is 5.69 Å². The molecular weight excluding hydrogens is 282 g/mol. The molecule has 5 heteroatoms. The Hall–Kier alpha value is -2.95. The van der Waals surface area contributed by atoms with Crippen molar-refractivity contribution in [1.82, 2.24) is 0 Å². The van der Waals surface area contributed by atoms with E-state index >= 15 is 0 Å². The molecule has 0 aliphatic heterocycles. The van der Waals surface area contributed by atoms with Gasteiger partial charge in [0, 0.05) is 19.1 Å². The number of rotatable bonds is 5. The lowest BCUT2D eigenvalue weighted by Crippen LogP contribution is -2.02. The summed E-state index contributed by atoms with van der Waals surface area (Å²) in [4.78, 5) is 21.3. The number of carbonyl (C=O) groups excluding carboxylic acids is 1. The fourth-order valence-corrected chi connectivity index (χ4v) is 1.93. The lowest BCUT2D eigenvalue weighted by Gasteiger charge is -2.08. The summed E-state index contributed by atoms with van der Waals surface area (Å²) < 4.78 is 5.08. The molecule has 5 nitrogen and oxygen atoms in total. The molecule has 22 heavy (non-hydrogen) atoms.